The average molecular weight is 363 g/mol. The van der Waals surface area contributed by atoms with E-state index in [0.717, 1.165) is 10.4 Å². The molecule has 132 valence electrons. The summed E-state index contributed by atoms with van der Waals surface area (Å²) in [5, 5.41) is 5.61. The van der Waals surface area contributed by atoms with E-state index in [1.807, 2.05) is 6.07 Å². The summed E-state index contributed by atoms with van der Waals surface area (Å²) in [5.74, 6) is 6.55. The van der Waals surface area contributed by atoms with E-state index in [4.69, 9.17) is 5.84 Å². The molecule has 0 saturated carbocycles. The number of amides is 2. The van der Waals surface area contributed by atoms with Gasteiger partial charge in [-0.2, -0.15) is 0 Å². The molecule has 7 nitrogen and oxygen atoms in total. The summed E-state index contributed by atoms with van der Waals surface area (Å²) >= 11 is 1.21. The molecule has 3 rings (SSSR count). The molecular formula is C16H18FN5O2S. The molecule has 25 heavy (non-hydrogen) atoms. The molecule has 0 spiro atoms. The van der Waals surface area contributed by atoms with Crippen molar-refractivity contribution in [3.05, 3.63) is 41.9 Å². The number of aromatic nitrogens is 1. The molecule has 1 fully saturated rings. The van der Waals surface area contributed by atoms with E-state index in [2.05, 4.69) is 15.6 Å². The third-order valence-corrected chi connectivity index (χ3v) is 5.05. The van der Waals surface area contributed by atoms with Crippen LogP contribution in [0, 0.1) is 0 Å². The number of nitrogens with one attached hydrogen (secondary N) is 4. The number of halogens is 1. The third-order valence-electron chi connectivity index (χ3n) is 4.09. The van der Waals surface area contributed by atoms with Crippen LogP contribution in [0.25, 0.3) is 16.3 Å². The number of anilines is 1. The molecule has 2 aromatic rings. The van der Waals surface area contributed by atoms with Gasteiger partial charge in [-0.05, 0) is 17.7 Å². The largest absolute Gasteiger partial charge is 0.469 e. The molecule has 1 aromatic heterocycles. The van der Waals surface area contributed by atoms with Crippen molar-refractivity contribution in [3.63, 3.8) is 0 Å². The van der Waals surface area contributed by atoms with Crippen LogP contribution in [0.2, 0.25) is 0 Å². The van der Waals surface area contributed by atoms with Gasteiger partial charge in [0.1, 0.15) is 6.54 Å². The van der Waals surface area contributed by atoms with Crippen molar-refractivity contribution in [2.24, 2.45) is 0 Å². The predicted molar refractivity (Wildman–Crippen MR) is 93.0 cm³/mol. The van der Waals surface area contributed by atoms with Gasteiger partial charge in [-0.1, -0.05) is 23.5 Å². The average Bonchev–Trinajstić information content (AvgIpc) is 3.21. The Kier molecular flexibility index (Phi) is 4.80. The van der Waals surface area contributed by atoms with Crippen molar-refractivity contribution in [1.82, 2.24) is 10.3 Å². The molecule has 2 amide bonds. The number of rotatable bonds is 4. The van der Waals surface area contributed by atoms with E-state index in [-0.39, 0.29) is 23.9 Å². The van der Waals surface area contributed by atoms with Crippen LogP contribution in [0.5, 0.6) is 0 Å². The van der Waals surface area contributed by atoms with E-state index in [1.165, 1.54) is 11.3 Å². The number of carbonyl (C=O) groups is 2. The molecular weight excluding hydrogens is 345 g/mol. The maximum Gasteiger partial charge on any atom is 0.270 e. The fourth-order valence-corrected chi connectivity index (χ4v) is 3.50. The number of thiazole rings is 1. The van der Waals surface area contributed by atoms with Crippen LogP contribution in [0.4, 0.5) is 9.52 Å². The van der Waals surface area contributed by atoms with Crippen molar-refractivity contribution in [1.29, 1.82) is 0 Å². The summed E-state index contributed by atoms with van der Waals surface area (Å²) in [6, 6.07) is 7.03. The van der Waals surface area contributed by atoms with E-state index in [9.17, 15) is 14.0 Å². The van der Waals surface area contributed by atoms with Crippen LogP contribution < -0.4 is 15.6 Å². The van der Waals surface area contributed by atoms with Gasteiger partial charge in [-0.15, -0.1) is 0 Å². The molecule has 1 aliphatic heterocycles. The van der Waals surface area contributed by atoms with Crippen molar-refractivity contribution >= 4 is 28.3 Å². The van der Waals surface area contributed by atoms with Gasteiger partial charge >= 0.3 is 0 Å². The molecule has 1 aliphatic rings. The quantitative estimate of drug-likeness (QED) is 0.758. The maximum absolute atomic E-state index is 14.5. The first-order valence-electron chi connectivity index (χ1n) is 7.76. The zero-order chi connectivity index (χ0) is 18.0. The molecule has 9 heteroatoms. The minimum absolute atomic E-state index is 0.0318. The van der Waals surface area contributed by atoms with Crippen molar-refractivity contribution in [3.8, 4) is 10.4 Å². The van der Waals surface area contributed by atoms with Gasteiger partial charge in [0.2, 0.25) is 5.67 Å². The standard InChI is InChI=1S/C16H18FN5O2S/c1-19-13(23)11-4-2-3-10(7-11)12-8-20-15(25-12)21-14(24)16(17)5-6-22(18)9-16/h2-4,7-8,18,22H,5-6,9H2,1H3,(H,19,23)(H,20,21,24). The lowest BCUT2D eigenvalue weighted by atomic mass is 10.1. The fraction of sp³-hybridized carbons (Fsp3) is 0.312. The van der Waals surface area contributed by atoms with E-state index < -0.39 is 11.6 Å². The Hall–Kier alpha value is -2.36. The smallest absolute Gasteiger partial charge is 0.270 e. The first-order chi connectivity index (χ1) is 11.9. The second kappa shape index (κ2) is 6.87. The van der Waals surface area contributed by atoms with Crippen LogP contribution in [-0.2, 0) is 4.79 Å². The van der Waals surface area contributed by atoms with Gasteiger partial charge in [-0.3, -0.25) is 14.9 Å². The van der Waals surface area contributed by atoms with Crippen LogP contribution >= 0.6 is 11.3 Å². The monoisotopic (exact) mass is 363 g/mol. The van der Waals surface area contributed by atoms with Gasteiger partial charge < -0.3 is 16.2 Å². The first-order valence-corrected chi connectivity index (χ1v) is 8.58. The number of carbonyl (C=O) groups excluding carboxylic acids is 2. The van der Waals surface area contributed by atoms with E-state index in [0.29, 0.717) is 17.2 Å². The minimum atomic E-state index is -2.03. The van der Waals surface area contributed by atoms with Crippen LogP contribution in [-0.4, -0.2) is 42.6 Å². The minimum Gasteiger partial charge on any atom is -0.469 e. The second-order valence-electron chi connectivity index (χ2n) is 5.89. The Morgan fingerprint density at radius 1 is 1.44 bits per heavy atom. The van der Waals surface area contributed by atoms with Crippen molar-refractivity contribution in [2.45, 2.75) is 12.1 Å². The normalized spacial score (nSPS) is 22.6. The van der Waals surface area contributed by atoms with Crippen LogP contribution in [0.15, 0.2) is 30.5 Å². The third kappa shape index (κ3) is 3.68. The topological polar surface area (TPSA) is 99.3 Å². The number of nitrogens with zero attached hydrogens (tertiary/aromatic N) is 1. The van der Waals surface area contributed by atoms with Gasteiger partial charge in [0.05, 0.1) is 11.4 Å². The number of hydrogen-bond donors (Lipinski definition) is 3. The van der Waals surface area contributed by atoms with Crippen LogP contribution in [0.1, 0.15) is 16.8 Å². The van der Waals surface area contributed by atoms with Gasteiger partial charge in [0.25, 0.3) is 11.8 Å². The number of quaternary nitrogens is 1. The van der Waals surface area contributed by atoms with Gasteiger partial charge in [0.15, 0.2) is 5.13 Å². The highest BCUT2D eigenvalue weighted by Crippen LogP contribution is 2.30. The van der Waals surface area contributed by atoms with Crippen molar-refractivity contribution < 1.29 is 19.0 Å². The summed E-state index contributed by atoms with van der Waals surface area (Å²) in [4.78, 5) is 28.7. The Labute approximate surface area is 148 Å². The highest BCUT2D eigenvalue weighted by molar-refractivity contribution is 7.19. The predicted octanol–water partition coefficient (Wildman–Crippen LogP) is 1.07. The van der Waals surface area contributed by atoms with E-state index in [1.54, 1.807) is 31.4 Å². The lowest BCUT2D eigenvalue weighted by Gasteiger charge is -2.17. The molecule has 1 aromatic carbocycles. The summed E-state index contributed by atoms with van der Waals surface area (Å²) in [6.07, 6.45) is 1.61. The Bertz CT molecular complexity index is 811. The summed E-state index contributed by atoms with van der Waals surface area (Å²) < 4.78 is 14.5. The Balaban J connectivity index is 1.75. The lowest BCUT2D eigenvalue weighted by Crippen LogP contribution is -3.04. The highest BCUT2D eigenvalue weighted by atomic mass is 32.1. The SMILES string of the molecule is CNC(=O)c1cccc(-c2cnc(NC(=O)C3(F)CC[NH+]([NH-])C3)s2)c1. The second-order valence-corrected chi connectivity index (χ2v) is 6.92. The molecule has 0 radical (unpaired) electrons. The molecule has 2 unspecified atom stereocenters. The number of hydrogen-bond acceptors (Lipinski definition) is 4. The van der Waals surface area contributed by atoms with E-state index >= 15 is 0 Å². The molecule has 2 atom stereocenters. The summed E-state index contributed by atoms with van der Waals surface area (Å²) in [7, 11) is 1.56. The van der Waals surface area contributed by atoms with Crippen LogP contribution in [0.3, 0.4) is 0 Å². The zero-order valence-corrected chi connectivity index (χ0v) is 14.4. The molecule has 1 saturated heterocycles. The Morgan fingerprint density at radius 2 is 2.24 bits per heavy atom. The molecule has 4 N–H and O–H groups in total. The maximum atomic E-state index is 14.5. The molecule has 0 aliphatic carbocycles. The Morgan fingerprint density at radius 3 is 2.92 bits per heavy atom. The van der Waals surface area contributed by atoms with Gasteiger partial charge in [-0.25, -0.2) is 9.37 Å². The summed E-state index contributed by atoms with van der Waals surface area (Å²) in [6.45, 7) is 0.143. The highest BCUT2D eigenvalue weighted by Gasteiger charge is 2.46. The number of alkyl halides is 1. The van der Waals surface area contributed by atoms with Crippen molar-refractivity contribution in [2.75, 3.05) is 25.5 Å². The zero-order valence-electron chi connectivity index (χ0n) is 13.6. The fourth-order valence-electron chi connectivity index (χ4n) is 2.69. The molecule has 2 heterocycles. The van der Waals surface area contributed by atoms with Gasteiger partial charge in [0, 0.05) is 25.2 Å². The number of benzene rings is 1. The molecule has 0 bridgehead atoms. The summed E-state index contributed by atoms with van der Waals surface area (Å²) in [5.41, 5.74) is -0.718. The first kappa shape index (κ1) is 17.5. The lowest BCUT2D eigenvalue weighted by molar-refractivity contribution is -0.836.